The highest BCUT2D eigenvalue weighted by Gasteiger charge is 2.06. The van der Waals surface area contributed by atoms with Gasteiger partial charge in [0.15, 0.2) is 0 Å². The highest BCUT2D eigenvalue weighted by Crippen LogP contribution is 2.23. The summed E-state index contributed by atoms with van der Waals surface area (Å²) in [4.78, 5) is 11.0. The van der Waals surface area contributed by atoms with Gasteiger partial charge in [-0.05, 0) is 48.8 Å². The van der Waals surface area contributed by atoms with Crippen LogP contribution in [0.25, 0.3) is 5.57 Å². The molecule has 0 fully saturated rings. The van der Waals surface area contributed by atoms with Gasteiger partial charge in [0.2, 0.25) is 0 Å². The summed E-state index contributed by atoms with van der Waals surface area (Å²) in [6.45, 7) is 7.77. The Hall–Kier alpha value is -3.18. The fourth-order valence-electron chi connectivity index (χ4n) is 3.45. The van der Waals surface area contributed by atoms with Crippen LogP contribution < -0.4 is 0 Å². The first-order valence-corrected chi connectivity index (χ1v) is 11.7. The molecule has 178 valence electrons. The average Bonchev–Trinajstić information content (AvgIpc) is 2.82. The summed E-state index contributed by atoms with van der Waals surface area (Å²) in [6, 6.07) is 21.5. The molecule has 0 aliphatic rings. The standard InChI is InChI=1S/C28H37N.HNO3/c1-3-5-7-15-23-29(24-16-8-6-4-2)25-17-22-28(26-18-11-9-12-19-26)27-20-13-10-14-21-27;2-1(3)4/h5-14,18-22H,3-4,15-17,23-25H2,1-2H3;(H,2,3,4)/b7-5+,8-6+;. The Morgan fingerprint density at radius 3 is 1.58 bits per heavy atom. The van der Waals surface area contributed by atoms with E-state index in [1.54, 1.807) is 0 Å². The predicted molar refractivity (Wildman–Crippen MR) is 138 cm³/mol. The average molecular weight is 451 g/mol. The maximum absolute atomic E-state index is 8.36. The molecule has 0 unspecified atom stereocenters. The van der Waals surface area contributed by atoms with Crippen molar-refractivity contribution < 1.29 is 10.3 Å². The van der Waals surface area contributed by atoms with Gasteiger partial charge in [0.25, 0.3) is 5.09 Å². The molecule has 2 rings (SSSR count). The molecular formula is C28H38N2O3. The smallest absolute Gasteiger partial charge is 0.291 e. The lowest BCUT2D eigenvalue weighted by atomic mass is 9.97. The Kier molecular flexibility index (Phi) is 15.5. The zero-order valence-corrected chi connectivity index (χ0v) is 20.0. The fourth-order valence-corrected chi connectivity index (χ4v) is 3.45. The van der Waals surface area contributed by atoms with Crippen LogP contribution in [0.2, 0.25) is 0 Å². The van der Waals surface area contributed by atoms with Gasteiger partial charge in [-0.3, -0.25) is 0 Å². The van der Waals surface area contributed by atoms with Gasteiger partial charge in [0.1, 0.15) is 0 Å². The lowest BCUT2D eigenvalue weighted by Crippen LogP contribution is -2.26. The summed E-state index contributed by atoms with van der Waals surface area (Å²) in [5.41, 5.74) is 3.92. The van der Waals surface area contributed by atoms with Crippen LogP contribution in [0, 0.1) is 10.1 Å². The van der Waals surface area contributed by atoms with Crippen LogP contribution in [-0.4, -0.2) is 34.8 Å². The molecule has 0 bridgehead atoms. The molecular weight excluding hydrogens is 412 g/mol. The third-order valence-electron chi connectivity index (χ3n) is 4.99. The summed E-state index contributed by atoms with van der Waals surface area (Å²) in [5, 5.41) is 13.6. The minimum Gasteiger partial charge on any atom is -0.328 e. The van der Waals surface area contributed by atoms with Gasteiger partial charge in [0, 0.05) is 19.6 Å². The molecule has 0 saturated heterocycles. The molecule has 5 heteroatoms. The van der Waals surface area contributed by atoms with Gasteiger partial charge in [-0.1, -0.05) is 105 Å². The lowest BCUT2D eigenvalue weighted by molar-refractivity contribution is -0.742. The van der Waals surface area contributed by atoms with Gasteiger partial charge in [-0.25, -0.2) is 0 Å². The van der Waals surface area contributed by atoms with E-state index in [9.17, 15) is 0 Å². The van der Waals surface area contributed by atoms with Crippen molar-refractivity contribution >= 4 is 5.57 Å². The molecule has 0 aliphatic carbocycles. The zero-order chi connectivity index (χ0) is 24.2. The monoisotopic (exact) mass is 450 g/mol. The van der Waals surface area contributed by atoms with Crippen LogP contribution in [0.5, 0.6) is 0 Å². The number of nitrogens with zero attached hydrogens (tertiary/aromatic N) is 2. The number of hydrogen-bond acceptors (Lipinski definition) is 3. The Labute approximate surface area is 198 Å². The Morgan fingerprint density at radius 2 is 1.18 bits per heavy atom. The Balaban J connectivity index is 0.00000125. The molecule has 0 heterocycles. The van der Waals surface area contributed by atoms with E-state index in [-0.39, 0.29) is 0 Å². The molecule has 0 atom stereocenters. The summed E-state index contributed by atoms with van der Waals surface area (Å²) >= 11 is 0. The van der Waals surface area contributed by atoms with Crippen LogP contribution in [0.4, 0.5) is 0 Å². The molecule has 0 spiro atoms. The first-order chi connectivity index (χ1) is 16.1. The number of allylic oxidation sites excluding steroid dienone is 2. The highest BCUT2D eigenvalue weighted by molar-refractivity contribution is 5.79. The van der Waals surface area contributed by atoms with Crippen LogP contribution in [-0.2, 0) is 0 Å². The quantitative estimate of drug-likeness (QED) is 0.199. The van der Waals surface area contributed by atoms with E-state index < -0.39 is 5.09 Å². The Bertz CT molecular complexity index is 782. The van der Waals surface area contributed by atoms with E-state index in [0.717, 1.165) is 51.7 Å². The molecule has 1 N–H and O–H groups in total. The summed E-state index contributed by atoms with van der Waals surface area (Å²) in [6.07, 6.45) is 17.2. The topological polar surface area (TPSA) is 66.6 Å². The third kappa shape index (κ3) is 13.8. The first-order valence-electron chi connectivity index (χ1n) is 11.7. The van der Waals surface area contributed by atoms with Crippen molar-refractivity contribution in [1.82, 2.24) is 4.90 Å². The van der Waals surface area contributed by atoms with Crippen molar-refractivity contribution in [2.45, 2.75) is 46.0 Å². The van der Waals surface area contributed by atoms with Crippen molar-refractivity contribution in [3.8, 4) is 0 Å². The van der Waals surface area contributed by atoms with Crippen LogP contribution in [0.15, 0.2) is 91.0 Å². The second-order valence-electron chi connectivity index (χ2n) is 7.55. The Morgan fingerprint density at radius 1 is 0.788 bits per heavy atom. The summed E-state index contributed by atoms with van der Waals surface area (Å²) in [7, 11) is 0. The van der Waals surface area contributed by atoms with Gasteiger partial charge in [0.05, 0.1) is 0 Å². The molecule has 0 amide bonds. The summed E-state index contributed by atoms with van der Waals surface area (Å²) in [5.74, 6) is 0. The van der Waals surface area contributed by atoms with Crippen molar-refractivity contribution in [2.75, 3.05) is 19.6 Å². The summed E-state index contributed by atoms with van der Waals surface area (Å²) < 4.78 is 0. The van der Waals surface area contributed by atoms with E-state index in [2.05, 4.69) is 110 Å². The first kappa shape index (κ1) is 27.9. The normalized spacial score (nSPS) is 10.9. The molecule has 33 heavy (non-hydrogen) atoms. The van der Waals surface area contributed by atoms with E-state index >= 15 is 0 Å². The largest absolute Gasteiger partial charge is 0.328 e. The lowest BCUT2D eigenvalue weighted by Gasteiger charge is -2.20. The van der Waals surface area contributed by atoms with E-state index in [1.165, 1.54) is 16.7 Å². The molecule has 0 saturated carbocycles. The second-order valence-corrected chi connectivity index (χ2v) is 7.55. The van der Waals surface area contributed by atoms with Crippen LogP contribution in [0.3, 0.4) is 0 Å². The van der Waals surface area contributed by atoms with Gasteiger partial charge >= 0.3 is 0 Å². The zero-order valence-electron chi connectivity index (χ0n) is 20.0. The second kappa shape index (κ2) is 18.4. The molecule has 0 aromatic heterocycles. The third-order valence-corrected chi connectivity index (χ3v) is 4.99. The predicted octanol–water partition coefficient (Wildman–Crippen LogP) is 7.18. The minimum atomic E-state index is -1.50. The van der Waals surface area contributed by atoms with E-state index in [4.69, 9.17) is 15.3 Å². The van der Waals surface area contributed by atoms with Crippen molar-refractivity contribution in [3.05, 3.63) is 112 Å². The molecule has 2 aromatic rings. The van der Waals surface area contributed by atoms with Crippen molar-refractivity contribution in [3.63, 3.8) is 0 Å². The number of benzene rings is 2. The van der Waals surface area contributed by atoms with Crippen molar-refractivity contribution in [2.24, 2.45) is 0 Å². The van der Waals surface area contributed by atoms with Gasteiger partial charge < -0.3 is 10.1 Å². The number of hydrogen-bond donors (Lipinski definition) is 1. The SMILES string of the molecule is CC/C=C/CCN(CCC=C(c1ccccc1)c1ccccc1)CC/C=C/CC.O=[N+]([O-])O. The van der Waals surface area contributed by atoms with Crippen LogP contribution in [0.1, 0.15) is 57.1 Å². The van der Waals surface area contributed by atoms with E-state index in [0.29, 0.717) is 0 Å². The maximum atomic E-state index is 8.36. The molecule has 5 nitrogen and oxygen atoms in total. The van der Waals surface area contributed by atoms with Crippen molar-refractivity contribution in [1.29, 1.82) is 0 Å². The van der Waals surface area contributed by atoms with Crippen LogP contribution >= 0.6 is 0 Å². The highest BCUT2D eigenvalue weighted by atomic mass is 16.9. The minimum absolute atomic E-state index is 1.06. The molecule has 2 aromatic carbocycles. The van der Waals surface area contributed by atoms with Gasteiger partial charge in [-0.2, -0.15) is 0 Å². The maximum Gasteiger partial charge on any atom is 0.291 e. The fraction of sp³-hybridized carbons (Fsp3) is 0.357. The molecule has 0 aliphatic heterocycles. The van der Waals surface area contributed by atoms with E-state index in [1.807, 2.05) is 0 Å². The number of rotatable bonds is 13. The van der Waals surface area contributed by atoms with Gasteiger partial charge in [-0.15, -0.1) is 10.1 Å². The molecule has 0 radical (unpaired) electrons.